The third-order valence-electron chi connectivity index (χ3n) is 3.57. The van der Waals surface area contributed by atoms with E-state index < -0.39 is 23.8 Å². The molecule has 2 aromatic carbocycles. The summed E-state index contributed by atoms with van der Waals surface area (Å²) in [6.45, 7) is 1.98. The maximum Gasteiger partial charge on any atom is 0.416 e. The van der Waals surface area contributed by atoms with Gasteiger partial charge in [-0.05, 0) is 42.8 Å². The van der Waals surface area contributed by atoms with E-state index in [0.29, 0.717) is 5.75 Å². The molecule has 26 heavy (non-hydrogen) atoms. The van der Waals surface area contributed by atoms with Crippen LogP contribution in [0.25, 0.3) is 0 Å². The summed E-state index contributed by atoms with van der Waals surface area (Å²) in [5, 5.41) is 0. The van der Waals surface area contributed by atoms with E-state index in [1.165, 1.54) is 0 Å². The van der Waals surface area contributed by atoms with E-state index in [1.807, 2.05) is 31.2 Å². The second kappa shape index (κ2) is 8.95. The van der Waals surface area contributed by atoms with Crippen LogP contribution in [0.15, 0.2) is 53.4 Å². The molecule has 0 aliphatic heterocycles. The Kier molecular flexibility index (Phi) is 6.93. The van der Waals surface area contributed by atoms with Gasteiger partial charge in [-0.1, -0.05) is 18.2 Å². The number of hydrogen-bond acceptors (Lipinski definition) is 5. The average Bonchev–Trinajstić information content (AvgIpc) is 2.61. The molecule has 0 saturated heterocycles. The molecular formula is C18H18F3NO3S. The Bertz CT molecular complexity index is 735. The monoisotopic (exact) mass is 385 g/mol. The van der Waals surface area contributed by atoms with Crippen molar-refractivity contribution >= 4 is 17.7 Å². The van der Waals surface area contributed by atoms with Crippen LogP contribution in [-0.2, 0) is 15.8 Å². The van der Waals surface area contributed by atoms with Crippen LogP contribution in [0.5, 0.6) is 5.75 Å². The molecule has 0 aliphatic rings. The number of carbonyl (C=O) groups is 1. The van der Waals surface area contributed by atoms with Gasteiger partial charge < -0.3 is 9.57 Å². The number of aryl methyl sites for hydroxylation is 1. The molecule has 8 heteroatoms. The molecule has 2 N–H and O–H groups in total. The van der Waals surface area contributed by atoms with Crippen molar-refractivity contribution < 1.29 is 27.5 Å². The Morgan fingerprint density at radius 2 is 1.81 bits per heavy atom. The Morgan fingerprint density at radius 3 is 2.38 bits per heavy atom. The van der Waals surface area contributed by atoms with Gasteiger partial charge in [-0.15, -0.1) is 11.8 Å². The zero-order valence-electron chi connectivity index (χ0n) is 14.0. The molecule has 0 fully saturated rings. The van der Waals surface area contributed by atoms with Gasteiger partial charge in [0.05, 0.1) is 5.56 Å². The summed E-state index contributed by atoms with van der Waals surface area (Å²) in [5.74, 6) is 4.83. The minimum Gasteiger partial charge on any atom is -0.479 e. The van der Waals surface area contributed by atoms with Crippen molar-refractivity contribution in [2.45, 2.75) is 30.5 Å². The van der Waals surface area contributed by atoms with Gasteiger partial charge in [0, 0.05) is 17.1 Å². The topological polar surface area (TPSA) is 61.5 Å². The molecule has 0 aliphatic carbocycles. The average molecular weight is 385 g/mol. The van der Waals surface area contributed by atoms with Crippen molar-refractivity contribution in [2.75, 3.05) is 5.75 Å². The lowest BCUT2D eigenvalue weighted by atomic mass is 10.2. The zero-order chi connectivity index (χ0) is 19.2. The maximum atomic E-state index is 12.6. The van der Waals surface area contributed by atoms with Gasteiger partial charge in [-0.3, -0.25) is 0 Å². The molecule has 0 spiro atoms. The number of rotatable bonds is 7. The summed E-state index contributed by atoms with van der Waals surface area (Å²) in [7, 11) is 0. The minimum absolute atomic E-state index is 0.134. The molecule has 0 aromatic heterocycles. The number of halogens is 3. The number of benzene rings is 2. The predicted octanol–water partition coefficient (Wildman–Crippen LogP) is 4.36. The number of thioether (sulfide) groups is 1. The normalized spacial score (nSPS) is 12.5. The summed E-state index contributed by atoms with van der Waals surface area (Å²) >= 11 is 1.54. The third-order valence-corrected chi connectivity index (χ3v) is 4.78. The number of carbonyl (C=O) groups excluding carboxylic acids is 1. The number of ether oxygens (including phenoxy) is 1. The van der Waals surface area contributed by atoms with E-state index in [-0.39, 0.29) is 12.2 Å². The van der Waals surface area contributed by atoms with Gasteiger partial charge >= 0.3 is 12.1 Å². The van der Waals surface area contributed by atoms with E-state index in [9.17, 15) is 18.0 Å². The van der Waals surface area contributed by atoms with Gasteiger partial charge in [-0.2, -0.15) is 19.1 Å². The molecule has 1 atom stereocenters. The van der Waals surface area contributed by atoms with Crippen molar-refractivity contribution in [3.63, 3.8) is 0 Å². The fourth-order valence-electron chi connectivity index (χ4n) is 2.18. The Balaban J connectivity index is 1.99. The summed E-state index contributed by atoms with van der Waals surface area (Å²) in [6, 6.07) is 11.9. The summed E-state index contributed by atoms with van der Waals surface area (Å²) < 4.78 is 43.2. The summed E-state index contributed by atoms with van der Waals surface area (Å²) in [5.41, 5.74) is 0.317. The van der Waals surface area contributed by atoms with Gasteiger partial charge in [-0.25, -0.2) is 4.79 Å². The lowest BCUT2D eigenvalue weighted by Crippen LogP contribution is -2.32. The molecular weight excluding hydrogens is 367 g/mol. The molecule has 0 saturated carbocycles. The van der Waals surface area contributed by atoms with Crippen LogP contribution in [-0.4, -0.2) is 17.8 Å². The first-order valence-electron chi connectivity index (χ1n) is 7.74. The minimum atomic E-state index is -4.43. The molecule has 140 valence electrons. The summed E-state index contributed by atoms with van der Waals surface area (Å²) in [6.07, 6.45) is -5.15. The lowest BCUT2D eigenvalue weighted by Gasteiger charge is -2.17. The number of hydrogen-bond donors (Lipinski definition) is 1. The highest BCUT2D eigenvalue weighted by Gasteiger charge is 2.30. The SMILES string of the molecule is Cc1ccccc1SCC[C@H](Oc1ccc(C(F)(F)F)cc1)C(=O)ON. The summed E-state index contributed by atoms with van der Waals surface area (Å²) in [4.78, 5) is 17.1. The van der Waals surface area contributed by atoms with Gasteiger partial charge in [0.2, 0.25) is 0 Å². The van der Waals surface area contributed by atoms with Crippen molar-refractivity contribution in [3.05, 3.63) is 59.7 Å². The van der Waals surface area contributed by atoms with Crippen LogP contribution in [0.2, 0.25) is 0 Å². The Labute approximate surface area is 153 Å². The molecule has 0 heterocycles. The van der Waals surface area contributed by atoms with Gasteiger partial charge in [0.15, 0.2) is 6.10 Å². The number of nitrogens with two attached hydrogens (primary N) is 1. The van der Waals surface area contributed by atoms with Crippen LogP contribution < -0.4 is 10.6 Å². The molecule has 4 nitrogen and oxygen atoms in total. The van der Waals surface area contributed by atoms with Crippen molar-refractivity contribution in [3.8, 4) is 5.75 Å². The highest BCUT2D eigenvalue weighted by Crippen LogP contribution is 2.30. The fourth-order valence-corrected chi connectivity index (χ4v) is 3.20. The first kappa shape index (κ1) is 20.1. The van der Waals surface area contributed by atoms with Crippen molar-refractivity contribution in [1.82, 2.24) is 0 Å². The zero-order valence-corrected chi connectivity index (χ0v) is 14.8. The lowest BCUT2D eigenvalue weighted by molar-refractivity contribution is -0.152. The standard InChI is InChI=1S/C18H18F3NO3S/c1-12-4-2-3-5-16(12)26-11-10-15(17(23)25-22)24-14-8-6-13(7-9-14)18(19,20)21/h2-9,15H,10-11,22H2,1H3/t15-/m0/s1. The highest BCUT2D eigenvalue weighted by molar-refractivity contribution is 7.99. The quantitative estimate of drug-likeness (QED) is 0.567. The van der Waals surface area contributed by atoms with Crippen LogP contribution in [0.3, 0.4) is 0 Å². The molecule has 2 rings (SSSR count). The fraction of sp³-hybridized carbons (Fsp3) is 0.278. The number of alkyl halides is 3. The maximum absolute atomic E-state index is 12.6. The van der Waals surface area contributed by atoms with Gasteiger partial charge in [0.25, 0.3) is 0 Å². The molecule has 0 bridgehead atoms. The first-order chi connectivity index (χ1) is 12.3. The van der Waals surface area contributed by atoms with Crippen LogP contribution >= 0.6 is 11.8 Å². The van der Waals surface area contributed by atoms with E-state index in [4.69, 9.17) is 10.6 Å². The molecule has 0 unspecified atom stereocenters. The smallest absolute Gasteiger partial charge is 0.416 e. The van der Waals surface area contributed by atoms with E-state index in [1.54, 1.807) is 11.8 Å². The molecule has 2 aromatic rings. The van der Waals surface area contributed by atoms with Crippen LogP contribution in [0, 0.1) is 6.92 Å². The first-order valence-corrected chi connectivity index (χ1v) is 8.72. The van der Waals surface area contributed by atoms with Crippen molar-refractivity contribution in [1.29, 1.82) is 0 Å². The highest BCUT2D eigenvalue weighted by atomic mass is 32.2. The van der Waals surface area contributed by atoms with E-state index in [2.05, 4.69) is 4.84 Å². The second-order valence-electron chi connectivity index (χ2n) is 5.47. The van der Waals surface area contributed by atoms with Crippen molar-refractivity contribution in [2.24, 2.45) is 5.90 Å². The van der Waals surface area contributed by atoms with Crippen LogP contribution in [0.1, 0.15) is 17.5 Å². The van der Waals surface area contributed by atoms with Gasteiger partial charge in [0.1, 0.15) is 5.75 Å². The molecule has 0 radical (unpaired) electrons. The third kappa shape index (κ3) is 5.67. The largest absolute Gasteiger partial charge is 0.479 e. The predicted molar refractivity (Wildman–Crippen MR) is 92.7 cm³/mol. The Hall–Kier alpha value is -2.19. The van der Waals surface area contributed by atoms with E-state index >= 15 is 0 Å². The van der Waals surface area contributed by atoms with Crippen LogP contribution in [0.4, 0.5) is 13.2 Å². The Morgan fingerprint density at radius 1 is 1.15 bits per heavy atom. The molecule has 0 amide bonds. The second-order valence-corrected chi connectivity index (χ2v) is 6.60. The van der Waals surface area contributed by atoms with E-state index in [0.717, 1.165) is 34.7 Å².